The average molecular weight is 338 g/mol. The number of fused-ring (bicyclic) bond motifs is 1. The summed E-state index contributed by atoms with van der Waals surface area (Å²) >= 11 is 0. The number of rotatable bonds is 3. The van der Waals surface area contributed by atoms with Crippen molar-refractivity contribution in [2.45, 2.75) is 12.3 Å². The van der Waals surface area contributed by atoms with Gasteiger partial charge in [-0.15, -0.1) is 0 Å². The van der Waals surface area contributed by atoms with E-state index < -0.39 is 0 Å². The number of likely N-dealkylation sites (tertiary alicyclic amines) is 1. The van der Waals surface area contributed by atoms with Crippen molar-refractivity contribution in [2.75, 3.05) is 38.9 Å². The second-order valence-electron chi connectivity index (χ2n) is 6.79. The maximum absolute atomic E-state index is 12.8. The Bertz CT molecular complexity index is 803. The molecule has 2 aliphatic rings. The Morgan fingerprint density at radius 3 is 2.80 bits per heavy atom. The molecule has 25 heavy (non-hydrogen) atoms. The molecule has 0 spiro atoms. The minimum absolute atomic E-state index is 0.104. The Labute approximate surface area is 147 Å². The first-order valence-electron chi connectivity index (χ1n) is 8.58. The van der Waals surface area contributed by atoms with E-state index in [-0.39, 0.29) is 12.7 Å². The molecule has 2 aromatic rings. The molecule has 5 heteroatoms. The third kappa shape index (κ3) is 3.02. The Balaban J connectivity index is 1.48. The van der Waals surface area contributed by atoms with Crippen LogP contribution in [0.1, 0.15) is 28.3 Å². The summed E-state index contributed by atoms with van der Waals surface area (Å²) in [6.07, 6.45) is 0.971. The summed E-state index contributed by atoms with van der Waals surface area (Å²) in [4.78, 5) is 16.8. The molecule has 2 aromatic carbocycles. The van der Waals surface area contributed by atoms with Crippen molar-refractivity contribution >= 4 is 11.6 Å². The van der Waals surface area contributed by atoms with Crippen LogP contribution in [0, 0.1) is 0 Å². The highest BCUT2D eigenvalue weighted by atomic mass is 16.7. The highest BCUT2D eigenvalue weighted by Crippen LogP contribution is 2.37. The van der Waals surface area contributed by atoms with Crippen LogP contribution >= 0.6 is 0 Å². The second-order valence-corrected chi connectivity index (χ2v) is 6.79. The number of hydrogen-bond acceptors (Lipinski definition) is 4. The lowest BCUT2D eigenvalue weighted by Crippen LogP contribution is -2.28. The van der Waals surface area contributed by atoms with Crippen molar-refractivity contribution in [1.29, 1.82) is 0 Å². The highest BCUT2D eigenvalue weighted by Gasteiger charge is 2.29. The zero-order valence-corrected chi connectivity index (χ0v) is 14.6. The molecule has 4 rings (SSSR count). The third-order valence-electron chi connectivity index (χ3n) is 4.95. The van der Waals surface area contributed by atoms with Crippen molar-refractivity contribution in [1.82, 2.24) is 4.90 Å². The fourth-order valence-electron chi connectivity index (χ4n) is 3.48. The van der Waals surface area contributed by atoms with E-state index in [1.54, 1.807) is 0 Å². The number of ether oxygens (including phenoxy) is 2. The Hall–Kier alpha value is -2.69. The molecule has 0 aliphatic carbocycles. The van der Waals surface area contributed by atoms with Gasteiger partial charge in [0.05, 0.1) is 0 Å². The molecule has 1 amide bonds. The summed E-state index contributed by atoms with van der Waals surface area (Å²) in [6, 6.07) is 13.9. The number of nitrogens with zero attached hydrogens (tertiary/aromatic N) is 2. The topological polar surface area (TPSA) is 42.0 Å². The highest BCUT2D eigenvalue weighted by molar-refractivity contribution is 5.95. The first-order valence-corrected chi connectivity index (χ1v) is 8.58. The van der Waals surface area contributed by atoms with Gasteiger partial charge in [0.15, 0.2) is 11.5 Å². The normalized spacial score (nSPS) is 18.5. The van der Waals surface area contributed by atoms with E-state index in [2.05, 4.69) is 6.07 Å². The summed E-state index contributed by atoms with van der Waals surface area (Å²) < 4.78 is 10.8. The van der Waals surface area contributed by atoms with Gasteiger partial charge in [0.25, 0.3) is 5.91 Å². The van der Waals surface area contributed by atoms with Crippen LogP contribution in [0.3, 0.4) is 0 Å². The third-order valence-corrected chi connectivity index (χ3v) is 4.95. The van der Waals surface area contributed by atoms with Gasteiger partial charge in [-0.1, -0.05) is 12.1 Å². The van der Waals surface area contributed by atoms with Gasteiger partial charge in [-0.25, -0.2) is 0 Å². The van der Waals surface area contributed by atoms with Crippen molar-refractivity contribution in [3.05, 3.63) is 53.6 Å². The predicted molar refractivity (Wildman–Crippen MR) is 96.6 cm³/mol. The number of carbonyl (C=O) groups excluding carboxylic acids is 1. The van der Waals surface area contributed by atoms with E-state index in [1.807, 2.05) is 60.3 Å². The fraction of sp³-hybridized carbons (Fsp3) is 0.350. The van der Waals surface area contributed by atoms with Crippen LogP contribution in [-0.4, -0.2) is 44.8 Å². The maximum atomic E-state index is 12.8. The second kappa shape index (κ2) is 6.31. The lowest BCUT2D eigenvalue weighted by atomic mass is 9.98. The van der Waals surface area contributed by atoms with Gasteiger partial charge in [-0.05, 0) is 42.3 Å². The molecule has 130 valence electrons. The largest absolute Gasteiger partial charge is 0.454 e. The molecule has 2 heterocycles. The Kier molecular flexibility index (Phi) is 3.99. The number of amides is 1. The van der Waals surface area contributed by atoms with Crippen LogP contribution in [0.4, 0.5) is 5.69 Å². The van der Waals surface area contributed by atoms with Crippen molar-refractivity contribution < 1.29 is 14.3 Å². The van der Waals surface area contributed by atoms with Crippen LogP contribution in [0.5, 0.6) is 11.5 Å². The summed E-state index contributed by atoms with van der Waals surface area (Å²) in [5.41, 5.74) is 3.00. The van der Waals surface area contributed by atoms with Crippen molar-refractivity contribution in [3.8, 4) is 11.5 Å². The molecule has 1 atom stereocenters. The van der Waals surface area contributed by atoms with E-state index in [1.165, 1.54) is 5.56 Å². The van der Waals surface area contributed by atoms with Crippen LogP contribution in [-0.2, 0) is 0 Å². The number of benzene rings is 2. The molecule has 0 bridgehead atoms. The van der Waals surface area contributed by atoms with Crippen LogP contribution in [0.25, 0.3) is 0 Å². The predicted octanol–water partition coefficient (Wildman–Crippen LogP) is 3.11. The average Bonchev–Trinajstić information content (AvgIpc) is 3.29. The van der Waals surface area contributed by atoms with E-state index >= 15 is 0 Å². The van der Waals surface area contributed by atoms with Gasteiger partial charge < -0.3 is 19.3 Å². The lowest BCUT2D eigenvalue weighted by Gasteiger charge is -2.19. The van der Waals surface area contributed by atoms with Gasteiger partial charge in [-0.2, -0.15) is 0 Å². The first kappa shape index (κ1) is 15.8. The molecular weight excluding hydrogens is 316 g/mol. The maximum Gasteiger partial charge on any atom is 0.253 e. The minimum Gasteiger partial charge on any atom is -0.454 e. The molecular formula is C20H22N2O3. The Morgan fingerprint density at radius 1 is 1.12 bits per heavy atom. The molecule has 0 radical (unpaired) electrons. The van der Waals surface area contributed by atoms with E-state index in [0.29, 0.717) is 5.92 Å². The molecule has 2 aliphatic heterocycles. The zero-order chi connectivity index (χ0) is 17.4. The molecule has 5 nitrogen and oxygen atoms in total. The summed E-state index contributed by atoms with van der Waals surface area (Å²) in [5.74, 6) is 2.05. The van der Waals surface area contributed by atoms with E-state index in [0.717, 1.165) is 42.3 Å². The number of carbonyl (C=O) groups is 1. The summed E-state index contributed by atoms with van der Waals surface area (Å²) in [6.45, 7) is 1.81. The fourth-order valence-corrected chi connectivity index (χ4v) is 3.48. The van der Waals surface area contributed by atoms with Gasteiger partial charge >= 0.3 is 0 Å². The molecule has 0 N–H and O–H groups in total. The summed E-state index contributed by atoms with van der Waals surface area (Å²) in [5, 5.41) is 0. The monoisotopic (exact) mass is 338 g/mol. The SMILES string of the molecule is CN(C)c1cccc(C(=O)N2CCC(c3ccc4c(c3)OCO4)C2)c1. The van der Waals surface area contributed by atoms with Crippen LogP contribution in [0.15, 0.2) is 42.5 Å². The van der Waals surface area contributed by atoms with Crippen LogP contribution in [0.2, 0.25) is 0 Å². The van der Waals surface area contributed by atoms with Crippen LogP contribution < -0.4 is 14.4 Å². The van der Waals surface area contributed by atoms with Crippen molar-refractivity contribution in [3.63, 3.8) is 0 Å². The molecule has 1 unspecified atom stereocenters. The molecule has 1 saturated heterocycles. The van der Waals surface area contributed by atoms with Gasteiger partial charge in [0.2, 0.25) is 6.79 Å². The number of hydrogen-bond donors (Lipinski definition) is 0. The summed E-state index contributed by atoms with van der Waals surface area (Å²) in [7, 11) is 3.96. The van der Waals surface area contributed by atoms with E-state index in [9.17, 15) is 4.79 Å². The number of anilines is 1. The molecule has 0 aromatic heterocycles. The minimum atomic E-state index is 0.104. The van der Waals surface area contributed by atoms with Gasteiger partial charge in [0.1, 0.15) is 0 Å². The molecule has 1 fully saturated rings. The molecule has 0 saturated carbocycles. The van der Waals surface area contributed by atoms with Crippen molar-refractivity contribution in [2.24, 2.45) is 0 Å². The lowest BCUT2D eigenvalue weighted by molar-refractivity contribution is 0.0791. The Morgan fingerprint density at radius 2 is 1.96 bits per heavy atom. The zero-order valence-electron chi connectivity index (χ0n) is 14.6. The van der Waals surface area contributed by atoms with E-state index in [4.69, 9.17) is 9.47 Å². The van der Waals surface area contributed by atoms with Gasteiger partial charge in [0, 0.05) is 44.4 Å². The first-order chi connectivity index (χ1) is 12.1. The van der Waals surface area contributed by atoms with Gasteiger partial charge in [-0.3, -0.25) is 4.79 Å². The standard InChI is InChI=1S/C20H22N2O3/c1-21(2)17-5-3-4-15(10-17)20(23)22-9-8-16(12-22)14-6-7-18-19(11-14)25-13-24-18/h3-7,10-11,16H,8-9,12-13H2,1-2H3. The smallest absolute Gasteiger partial charge is 0.253 e. The quantitative estimate of drug-likeness (QED) is 0.862.